The van der Waals surface area contributed by atoms with Crippen LogP contribution >= 0.6 is 11.6 Å². The van der Waals surface area contributed by atoms with Crippen molar-refractivity contribution in [2.75, 3.05) is 6.61 Å². The highest BCUT2D eigenvalue weighted by atomic mass is 35.5. The summed E-state index contributed by atoms with van der Waals surface area (Å²) in [7, 11) is 0. The van der Waals surface area contributed by atoms with E-state index in [4.69, 9.17) is 21.1 Å². The summed E-state index contributed by atoms with van der Waals surface area (Å²) in [5.41, 5.74) is 2.98. The van der Waals surface area contributed by atoms with E-state index in [0.717, 1.165) is 34.6 Å². The number of hydrogen-bond donors (Lipinski definition) is 1. The lowest BCUT2D eigenvalue weighted by Gasteiger charge is -2.13. The molecule has 0 unspecified atom stereocenters. The topological polar surface area (TPSA) is 47.6 Å². The van der Waals surface area contributed by atoms with Crippen molar-refractivity contribution < 1.29 is 14.3 Å². The van der Waals surface area contributed by atoms with E-state index in [1.54, 1.807) is 18.2 Å². The fourth-order valence-electron chi connectivity index (χ4n) is 2.90. The van der Waals surface area contributed by atoms with Crippen molar-refractivity contribution >= 4 is 23.6 Å². The number of amides is 1. The largest absolute Gasteiger partial charge is 0.494 e. The molecule has 0 spiro atoms. The van der Waals surface area contributed by atoms with Crippen LogP contribution in [0.2, 0.25) is 5.02 Å². The van der Waals surface area contributed by atoms with Crippen LogP contribution in [-0.4, -0.2) is 18.6 Å². The molecule has 0 bridgehead atoms. The van der Waals surface area contributed by atoms with Crippen LogP contribution in [0.4, 0.5) is 0 Å². The molecule has 1 atom stereocenters. The molecule has 2 aromatic rings. The number of halogens is 1. The Morgan fingerprint density at radius 2 is 2.12 bits per heavy atom. The van der Waals surface area contributed by atoms with Crippen molar-refractivity contribution in [3.8, 4) is 11.5 Å². The zero-order valence-corrected chi connectivity index (χ0v) is 15.7. The maximum Gasteiger partial charge on any atom is 0.244 e. The Morgan fingerprint density at radius 1 is 1.35 bits per heavy atom. The molecule has 0 saturated carbocycles. The van der Waals surface area contributed by atoms with E-state index in [1.807, 2.05) is 38.1 Å². The van der Waals surface area contributed by atoms with Crippen LogP contribution in [0.1, 0.15) is 30.5 Å². The first kappa shape index (κ1) is 18.3. The van der Waals surface area contributed by atoms with Gasteiger partial charge in [-0.15, -0.1) is 0 Å². The molecule has 136 valence electrons. The van der Waals surface area contributed by atoms with Crippen LogP contribution < -0.4 is 14.8 Å². The van der Waals surface area contributed by atoms with Gasteiger partial charge in [-0.05, 0) is 49.8 Å². The molecule has 5 heteroatoms. The summed E-state index contributed by atoms with van der Waals surface area (Å²) in [5, 5.41) is 3.56. The minimum Gasteiger partial charge on any atom is -0.494 e. The molecule has 1 aliphatic heterocycles. The lowest BCUT2D eigenvalue weighted by Crippen LogP contribution is -2.20. The van der Waals surface area contributed by atoms with Gasteiger partial charge in [0, 0.05) is 35.2 Å². The molecular weight excluding hydrogens is 350 g/mol. The van der Waals surface area contributed by atoms with Crippen molar-refractivity contribution in [3.05, 3.63) is 64.2 Å². The van der Waals surface area contributed by atoms with Gasteiger partial charge in [0.25, 0.3) is 0 Å². The average molecular weight is 372 g/mol. The van der Waals surface area contributed by atoms with E-state index in [0.29, 0.717) is 18.2 Å². The Balaban J connectivity index is 1.66. The smallest absolute Gasteiger partial charge is 0.244 e. The second-order valence-corrected chi connectivity index (χ2v) is 6.67. The quantitative estimate of drug-likeness (QED) is 0.766. The number of nitrogens with one attached hydrogen (secondary N) is 1. The molecule has 1 aliphatic rings. The molecular formula is C21H22ClNO3. The maximum absolute atomic E-state index is 12.1. The normalized spacial score (nSPS) is 15.6. The third-order valence-corrected chi connectivity index (χ3v) is 4.38. The summed E-state index contributed by atoms with van der Waals surface area (Å²) < 4.78 is 11.5. The standard InChI is InChI=1S/C21H22ClNO3/c1-3-25-19-11-16-10-14(2)26-20(16)12-17(19)13-23-21(24)9-6-15-4-7-18(22)8-5-15/h4-9,11-12,14H,3,10,13H2,1-2H3,(H,23,24)/b9-6+/t14-/m0/s1. The van der Waals surface area contributed by atoms with Gasteiger partial charge in [0.2, 0.25) is 5.91 Å². The number of carbonyl (C=O) groups is 1. The van der Waals surface area contributed by atoms with Gasteiger partial charge in [0.15, 0.2) is 0 Å². The third kappa shape index (κ3) is 4.58. The van der Waals surface area contributed by atoms with Crippen LogP contribution in [0.15, 0.2) is 42.5 Å². The Hall–Kier alpha value is -2.46. The number of fused-ring (bicyclic) bond motifs is 1. The molecule has 1 heterocycles. The van der Waals surface area contributed by atoms with Crippen molar-refractivity contribution in [1.82, 2.24) is 5.32 Å². The van der Waals surface area contributed by atoms with Gasteiger partial charge in [0.05, 0.1) is 6.61 Å². The molecule has 0 aromatic heterocycles. The number of rotatable bonds is 6. The molecule has 1 N–H and O–H groups in total. The molecule has 4 nitrogen and oxygen atoms in total. The van der Waals surface area contributed by atoms with E-state index in [1.165, 1.54) is 6.08 Å². The number of carbonyl (C=O) groups excluding carboxylic acids is 1. The Labute approximate surface area is 158 Å². The molecule has 3 rings (SSSR count). The highest BCUT2D eigenvalue weighted by Crippen LogP contribution is 2.35. The SMILES string of the molecule is CCOc1cc2c(cc1CNC(=O)/C=C/c1ccc(Cl)cc1)O[C@@H](C)C2. The van der Waals surface area contributed by atoms with Crippen LogP contribution in [0.25, 0.3) is 6.08 Å². The van der Waals surface area contributed by atoms with Crippen LogP contribution in [0, 0.1) is 0 Å². The summed E-state index contributed by atoms with van der Waals surface area (Å²) >= 11 is 5.86. The predicted octanol–water partition coefficient (Wildman–Crippen LogP) is 4.39. The Bertz CT molecular complexity index is 815. The highest BCUT2D eigenvalue weighted by molar-refractivity contribution is 6.30. The lowest BCUT2D eigenvalue weighted by atomic mass is 10.1. The van der Waals surface area contributed by atoms with E-state index in [2.05, 4.69) is 5.32 Å². The number of hydrogen-bond acceptors (Lipinski definition) is 3. The fraction of sp³-hybridized carbons (Fsp3) is 0.286. The average Bonchev–Trinajstić information content (AvgIpc) is 2.98. The van der Waals surface area contributed by atoms with Gasteiger partial charge in [0.1, 0.15) is 17.6 Å². The zero-order chi connectivity index (χ0) is 18.5. The minimum atomic E-state index is -0.169. The van der Waals surface area contributed by atoms with Gasteiger partial charge >= 0.3 is 0 Å². The van der Waals surface area contributed by atoms with Crippen LogP contribution in [0.5, 0.6) is 11.5 Å². The molecule has 0 aliphatic carbocycles. The van der Waals surface area contributed by atoms with Gasteiger partial charge in [-0.2, -0.15) is 0 Å². The second kappa shape index (κ2) is 8.28. The Morgan fingerprint density at radius 3 is 2.85 bits per heavy atom. The van der Waals surface area contributed by atoms with Gasteiger partial charge in [-0.1, -0.05) is 23.7 Å². The van der Waals surface area contributed by atoms with Crippen molar-refractivity contribution in [3.63, 3.8) is 0 Å². The summed E-state index contributed by atoms with van der Waals surface area (Å²) in [6, 6.07) is 11.3. The van der Waals surface area contributed by atoms with Crippen molar-refractivity contribution in [2.24, 2.45) is 0 Å². The van der Waals surface area contributed by atoms with E-state index >= 15 is 0 Å². The third-order valence-electron chi connectivity index (χ3n) is 4.13. The predicted molar refractivity (Wildman–Crippen MR) is 104 cm³/mol. The molecule has 0 saturated heterocycles. The van der Waals surface area contributed by atoms with E-state index < -0.39 is 0 Å². The van der Waals surface area contributed by atoms with Crippen molar-refractivity contribution in [1.29, 1.82) is 0 Å². The second-order valence-electron chi connectivity index (χ2n) is 6.24. The molecule has 26 heavy (non-hydrogen) atoms. The summed E-state index contributed by atoms with van der Waals surface area (Å²) in [6.07, 6.45) is 4.32. The maximum atomic E-state index is 12.1. The first-order chi connectivity index (χ1) is 12.5. The van der Waals surface area contributed by atoms with Crippen LogP contribution in [0.3, 0.4) is 0 Å². The highest BCUT2D eigenvalue weighted by Gasteiger charge is 2.21. The fourth-order valence-corrected chi connectivity index (χ4v) is 3.02. The Kier molecular flexibility index (Phi) is 5.84. The van der Waals surface area contributed by atoms with Crippen LogP contribution in [-0.2, 0) is 17.8 Å². The zero-order valence-electron chi connectivity index (χ0n) is 14.9. The molecule has 1 amide bonds. The number of benzene rings is 2. The molecule has 2 aromatic carbocycles. The van der Waals surface area contributed by atoms with E-state index in [9.17, 15) is 4.79 Å². The molecule has 0 fully saturated rings. The summed E-state index contributed by atoms with van der Waals surface area (Å²) in [6.45, 7) is 4.95. The minimum absolute atomic E-state index is 0.169. The first-order valence-electron chi connectivity index (χ1n) is 8.72. The molecule has 0 radical (unpaired) electrons. The van der Waals surface area contributed by atoms with Gasteiger partial charge < -0.3 is 14.8 Å². The lowest BCUT2D eigenvalue weighted by molar-refractivity contribution is -0.116. The van der Waals surface area contributed by atoms with Crippen molar-refractivity contribution in [2.45, 2.75) is 32.9 Å². The number of ether oxygens (including phenoxy) is 2. The van der Waals surface area contributed by atoms with Gasteiger partial charge in [-0.25, -0.2) is 0 Å². The van der Waals surface area contributed by atoms with Gasteiger partial charge in [-0.3, -0.25) is 4.79 Å². The first-order valence-corrected chi connectivity index (χ1v) is 9.09. The van der Waals surface area contributed by atoms with E-state index in [-0.39, 0.29) is 12.0 Å². The monoisotopic (exact) mass is 371 g/mol. The summed E-state index contributed by atoms with van der Waals surface area (Å²) in [5.74, 6) is 1.50. The summed E-state index contributed by atoms with van der Waals surface area (Å²) in [4.78, 5) is 12.1.